The van der Waals surface area contributed by atoms with Crippen molar-refractivity contribution in [1.82, 2.24) is 88.1 Å². The Bertz CT molecular complexity index is 3850. The molecule has 0 saturated carbocycles. The predicted molar refractivity (Wildman–Crippen MR) is 439 cm³/mol. The maximum Gasteiger partial charge on any atom is 0.496 e. The van der Waals surface area contributed by atoms with E-state index in [1.165, 1.54) is 18.1 Å². The molecule has 0 spiro atoms. The average Bonchev–Trinajstić information content (AvgIpc) is 1.64. The Morgan fingerprint density at radius 3 is 1.40 bits per heavy atom. The van der Waals surface area contributed by atoms with Gasteiger partial charge in [0.25, 0.3) is 0 Å². The number of aromatic nitrogens is 18. The summed E-state index contributed by atoms with van der Waals surface area (Å²) in [5.41, 5.74) is 10.4. The lowest BCUT2D eigenvalue weighted by molar-refractivity contribution is 0.0898. The second-order valence-corrected chi connectivity index (χ2v) is 53.2. The van der Waals surface area contributed by atoms with Gasteiger partial charge in [-0.3, -0.25) is 14.2 Å². The van der Waals surface area contributed by atoms with Crippen LogP contribution in [-0.4, -0.2) is 158 Å². The number of aromatic amines is 2. The van der Waals surface area contributed by atoms with E-state index in [9.17, 15) is 0 Å². The van der Waals surface area contributed by atoms with E-state index in [-0.39, 0.29) is 29.4 Å². The molecule has 2 N–H and O–H groups in total. The molecule has 0 bridgehead atoms. The Hall–Kier alpha value is -3.59. The van der Waals surface area contributed by atoms with Crippen molar-refractivity contribution in [3.8, 4) is 22.5 Å². The molecule has 23 nitrogen and oxygen atoms in total. The zero-order valence-electron chi connectivity index (χ0n) is 54.7. The molecule has 0 fully saturated rings. The van der Waals surface area contributed by atoms with E-state index in [0.29, 0.717) is 28.6 Å². The molecule has 0 aromatic carbocycles. The zero-order valence-corrected chi connectivity index (χ0v) is 68.5. The molecule has 2 unspecified atom stereocenters. The van der Waals surface area contributed by atoms with Crippen LogP contribution >= 0.6 is 108 Å². The molecule has 33 heteroatoms. The summed E-state index contributed by atoms with van der Waals surface area (Å²) in [6, 6.07) is 11.6. The summed E-state index contributed by atoms with van der Waals surface area (Å²) in [6.07, 6.45) is 25.3. The smallest absolute Gasteiger partial charge is 0.410 e. The van der Waals surface area contributed by atoms with Crippen LogP contribution in [0.25, 0.3) is 66.6 Å². The minimum atomic E-state index is -1.06. The third kappa shape index (κ3) is 29.1. The van der Waals surface area contributed by atoms with Crippen molar-refractivity contribution in [2.24, 2.45) is 7.05 Å². The molecule has 11 rings (SSSR count). The maximum absolute atomic E-state index is 5.85. The largest absolute Gasteiger partial charge is 0.496 e. The van der Waals surface area contributed by atoms with Gasteiger partial charge < -0.3 is 42.2 Å². The number of aryl methyl sites for hydroxylation is 3. The van der Waals surface area contributed by atoms with Gasteiger partial charge in [0.15, 0.2) is 0 Å². The van der Waals surface area contributed by atoms with E-state index in [1.54, 1.807) is 56.6 Å². The van der Waals surface area contributed by atoms with E-state index in [2.05, 4.69) is 223 Å². The van der Waals surface area contributed by atoms with Gasteiger partial charge in [-0.05, 0) is 61.2 Å². The van der Waals surface area contributed by atoms with Gasteiger partial charge in [0.1, 0.15) is 68.0 Å². The van der Waals surface area contributed by atoms with Gasteiger partial charge in [-0.2, -0.15) is 15.3 Å². The van der Waals surface area contributed by atoms with Crippen LogP contribution in [0.1, 0.15) is 33.7 Å². The fourth-order valence-electron chi connectivity index (χ4n) is 8.36. The molecule has 11 aromatic rings. The van der Waals surface area contributed by atoms with Crippen molar-refractivity contribution >= 4 is 189 Å². The summed E-state index contributed by atoms with van der Waals surface area (Å²) in [6.45, 7) is 29.2. The van der Waals surface area contributed by atoms with Gasteiger partial charge in [-0.25, -0.2) is 39.9 Å². The van der Waals surface area contributed by atoms with Crippen LogP contribution in [0.4, 0.5) is 0 Å². The second kappa shape index (κ2) is 43.7. The first kappa shape index (κ1) is 86.5. The summed E-state index contributed by atoms with van der Waals surface area (Å²) in [5.74, 6) is 0. The fraction of sp³-hybridized carbons (Fsp3) is 0.459. The van der Waals surface area contributed by atoms with Crippen LogP contribution in [0, 0.1) is 13.8 Å². The Labute approximate surface area is 618 Å². The van der Waals surface area contributed by atoms with Gasteiger partial charge >= 0.3 is 7.12 Å². The quantitative estimate of drug-likeness (QED) is 0.0223. The Balaban J connectivity index is 0.000000400. The molecular weight excluding hydrogens is 1730 g/mol. The van der Waals surface area contributed by atoms with E-state index in [1.807, 2.05) is 118 Å². The number of hydrogen-bond acceptors (Lipinski definition) is 16. The maximum atomic E-state index is 5.85. The van der Waals surface area contributed by atoms with Gasteiger partial charge in [-0.15, -0.1) is 0 Å². The lowest BCUT2D eigenvalue weighted by atomic mass is 9.82. The lowest BCUT2D eigenvalue weighted by Gasteiger charge is -2.15. The monoisotopic (exact) mass is 1830 g/mol. The van der Waals surface area contributed by atoms with Gasteiger partial charge in [-0.1, -0.05) is 180 Å². The fourth-order valence-corrected chi connectivity index (χ4v) is 11.4. The number of rotatable bonds is 21. The van der Waals surface area contributed by atoms with E-state index < -0.39 is 24.2 Å². The molecule has 0 amide bonds. The first-order valence-electron chi connectivity index (χ1n) is 29.1. The summed E-state index contributed by atoms with van der Waals surface area (Å²) in [5, 5.41) is 19.4. The van der Waals surface area contributed by atoms with Crippen molar-refractivity contribution in [1.29, 1.82) is 0 Å². The van der Waals surface area contributed by atoms with Crippen molar-refractivity contribution < 1.29 is 23.5 Å². The number of H-pyrrole nitrogens is 2. The lowest BCUT2D eigenvalue weighted by Crippen LogP contribution is -2.33. The highest BCUT2D eigenvalue weighted by molar-refractivity contribution is 14.3. The number of nitrogens with one attached hydrogen (secondary N) is 2. The van der Waals surface area contributed by atoms with Crippen LogP contribution < -0.4 is 5.46 Å². The molecule has 516 valence electrons. The standard InChI is InChI=1S/C15H23N5OP2Si.C15H21N5OSi.C13H21N3OSi.C7H7N3.C6H11BN2O2.CHI3.CH3I.3CH4/c1-24(2,3)7-6-21-11-19-5-4-13-14(16-10-17-15(13)19)12-8-18-20(9-12)23-22;1-22(2,3)7-6-21-11-20-5-4-13-14(12-8-18-19-9-12)16-10-17-15(13)20;1-11-12-5-6-16(13(12)15-9-14-11)10-17-7-8-18(2,3)4;1-5-6-2-3-8-7(6)10-4-9-5;1-9-5-6(4-8-9)7(10-2)11-3;2-1(3)4;1-2;;;/h4-5,8-10,23H,6-7,11,22H2,1-3H3;4-5,8-10H,6-7,11H2,1-3H3,(H,18,19);5-6,9H,7-8,10H2,1-4H3;2-4H,1H3,(H,8,9,10);4-5H,1-3H3;1H;1H3;3*1H4. The second-order valence-electron chi connectivity index (χ2n) is 24.0. The van der Waals surface area contributed by atoms with Gasteiger partial charge in [0.2, 0.25) is 0 Å². The van der Waals surface area contributed by atoms with Crippen molar-refractivity contribution in [3.63, 3.8) is 0 Å². The Kier molecular flexibility index (Phi) is 40.2. The van der Waals surface area contributed by atoms with Crippen LogP contribution in [-0.2, 0) is 50.8 Å². The normalized spacial score (nSPS) is 11.2. The molecule has 0 saturated heterocycles. The first-order valence-corrected chi connectivity index (χ1v) is 48.8. The average molecular weight is 1830 g/mol. The van der Waals surface area contributed by atoms with E-state index in [4.69, 9.17) is 23.5 Å². The van der Waals surface area contributed by atoms with Crippen molar-refractivity contribution in [3.05, 3.63) is 123 Å². The molecule has 11 aromatic heterocycles. The molecule has 11 heterocycles. The highest BCUT2D eigenvalue weighted by Gasteiger charge is 2.20. The van der Waals surface area contributed by atoms with E-state index >= 15 is 0 Å². The van der Waals surface area contributed by atoms with Crippen LogP contribution in [0.15, 0.2) is 112 Å². The zero-order chi connectivity index (χ0) is 66.7. The Morgan fingerprint density at radius 1 is 0.564 bits per heavy atom. The molecular formula is C61H99BI4N18O5P2Si3. The number of fused-ring (bicyclic) bond motifs is 4. The summed E-state index contributed by atoms with van der Waals surface area (Å²) in [7, 11) is 4.86. The predicted octanol–water partition coefficient (Wildman–Crippen LogP) is 16.2. The van der Waals surface area contributed by atoms with Gasteiger partial charge in [0, 0.05) is 161 Å². The van der Waals surface area contributed by atoms with Crippen LogP contribution in [0.2, 0.25) is 77.1 Å². The topological polar surface area (TPSA) is 244 Å². The first-order chi connectivity index (χ1) is 43.4. The van der Waals surface area contributed by atoms with Crippen LogP contribution in [0.3, 0.4) is 0 Å². The summed E-state index contributed by atoms with van der Waals surface area (Å²) >= 11 is 9.10. The van der Waals surface area contributed by atoms with Crippen molar-refractivity contribution in [2.45, 2.75) is 133 Å². The molecule has 0 radical (unpaired) electrons. The minimum absolute atomic E-state index is 0. The molecule has 2 atom stereocenters. The summed E-state index contributed by atoms with van der Waals surface area (Å²) in [4.78, 5) is 39.2. The van der Waals surface area contributed by atoms with Gasteiger partial charge in [0.05, 0.1) is 35.2 Å². The highest BCUT2D eigenvalue weighted by Crippen LogP contribution is 2.30. The molecule has 94 heavy (non-hydrogen) atoms. The van der Waals surface area contributed by atoms with Crippen LogP contribution in [0.5, 0.6) is 0 Å². The third-order valence-electron chi connectivity index (χ3n) is 13.3. The van der Waals surface area contributed by atoms with E-state index in [0.717, 1.165) is 103 Å². The Morgan fingerprint density at radius 2 is 1.00 bits per heavy atom. The number of halogens is 4. The molecule has 0 aliphatic rings. The minimum Gasteiger partial charge on any atom is -0.410 e. The highest BCUT2D eigenvalue weighted by atomic mass is 127. The van der Waals surface area contributed by atoms with Crippen molar-refractivity contribution in [2.75, 3.05) is 39.0 Å². The number of ether oxygens (including phenoxy) is 3. The molecule has 0 aliphatic carbocycles. The number of alkyl halides is 4. The SMILES string of the molecule is C.C.C.CI.COB(OC)c1cnn(C)c1.C[Si](C)(C)CCOCn1ccc2c(-c3cn[nH]c3)ncnc21.C[Si](C)(C)CCOCn1ccc2c(-c3cnn(PP)c3)ncnc21.Cc1ncnc2[nH]ccc12.Cc1ncnc2c1ccn2COCC[Si](C)(C)C.IC(I)I. The number of nitrogens with zero attached hydrogens (tertiary/aromatic N) is 16. The third-order valence-corrected chi connectivity index (χ3v) is 19.7. The summed E-state index contributed by atoms with van der Waals surface area (Å²) < 4.78 is 37.9. The molecule has 0 aliphatic heterocycles. The number of hydrogen-bond donors (Lipinski definition) is 2.